The van der Waals surface area contributed by atoms with E-state index in [-0.39, 0.29) is 5.56 Å². The van der Waals surface area contributed by atoms with E-state index in [9.17, 15) is 22.4 Å². The van der Waals surface area contributed by atoms with Crippen LogP contribution in [-0.2, 0) is 6.18 Å². The largest absolute Gasteiger partial charge is 0.435 e. The number of alkyl halides is 3. The number of carbonyl (C=O) groups excluding carboxylic acids is 1. The smallest absolute Gasteiger partial charge is 0.433 e. The first-order chi connectivity index (χ1) is 9.41. The van der Waals surface area contributed by atoms with Gasteiger partial charge < -0.3 is 4.74 Å². The highest BCUT2D eigenvalue weighted by Gasteiger charge is 2.32. The minimum atomic E-state index is -4.64. The first kappa shape index (κ1) is 14.0. The number of rotatable bonds is 3. The second-order valence-electron chi connectivity index (χ2n) is 3.74. The molecule has 1 heterocycles. The monoisotopic (exact) mass is 285 g/mol. The number of aldehydes is 1. The van der Waals surface area contributed by atoms with E-state index in [0.717, 1.165) is 24.3 Å². The Morgan fingerprint density at radius 2 is 1.80 bits per heavy atom. The SMILES string of the molecule is O=Cc1cccc(F)c1Oc1cccc(C(F)(F)F)n1. The molecule has 0 aliphatic rings. The third kappa shape index (κ3) is 2.93. The Hall–Kier alpha value is -2.44. The van der Waals surface area contributed by atoms with E-state index >= 15 is 0 Å². The summed E-state index contributed by atoms with van der Waals surface area (Å²) in [6.07, 6.45) is -4.30. The molecule has 0 radical (unpaired) electrons. The topological polar surface area (TPSA) is 39.2 Å². The van der Waals surface area contributed by atoms with Crippen molar-refractivity contribution in [1.82, 2.24) is 4.98 Å². The van der Waals surface area contributed by atoms with Crippen LogP contribution in [0.5, 0.6) is 11.6 Å². The molecule has 0 fully saturated rings. The fourth-order valence-corrected chi connectivity index (χ4v) is 1.46. The third-order valence-corrected chi connectivity index (χ3v) is 2.35. The normalized spacial score (nSPS) is 11.2. The number of pyridine rings is 1. The summed E-state index contributed by atoms with van der Waals surface area (Å²) in [6, 6.07) is 6.55. The lowest BCUT2D eigenvalue weighted by atomic mass is 10.2. The number of hydrogen-bond acceptors (Lipinski definition) is 3. The van der Waals surface area contributed by atoms with Crippen LogP contribution in [-0.4, -0.2) is 11.3 Å². The molecule has 0 aliphatic heterocycles. The number of carbonyl (C=O) groups is 1. The Kier molecular flexibility index (Phi) is 3.69. The number of nitrogens with zero attached hydrogens (tertiary/aromatic N) is 1. The van der Waals surface area contributed by atoms with E-state index in [1.807, 2.05) is 0 Å². The zero-order chi connectivity index (χ0) is 14.8. The van der Waals surface area contributed by atoms with E-state index in [4.69, 9.17) is 4.74 Å². The summed E-state index contributed by atoms with van der Waals surface area (Å²) in [7, 11) is 0. The highest BCUT2D eigenvalue weighted by Crippen LogP contribution is 2.31. The van der Waals surface area contributed by atoms with Crippen molar-refractivity contribution < 1.29 is 27.1 Å². The zero-order valence-corrected chi connectivity index (χ0v) is 9.82. The highest BCUT2D eigenvalue weighted by molar-refractivity contribution is 5.79. The summed E-state index contributed by atoms with van der Waals surface area (Å²) in [6.45, 7) is 0. The summed E-state index contributed by atoms with van der Waals surface area (Å²) in [5.74, 6) is -1.78. The Morgan fingerprint density at radius 3 is 2.45 bits per heavy atom. The van der Waals surface area contributed by atoms with Gasteiger partial charge in [-0.25, -0.2) is 9.37 Å². The molecule has 1 aromatic heterocycles. The fourth-order valence-electron chi connectivity index (χ4n) is 1.46. The summed E-state index contributed by atoms with van der Waals surface area (Å²) < 4.78 is 55.9. The number of benzene rings is 1. The molecule has 0 bridgehead atoms. The Labute approximate surface area is 110 Å². The second-order valence-corrected chi connectivity index (χ2v) is 3.74. The average Bonchev–Trinajstić information content (AvgIpc) is 2.40. The molecule has 1 aromatic carbocycles. The zero-order valence-electron chi connectivity index (χ0n) is 9.82. The summed E-state index contributed by atoms with van der Waals surface area (Å²) in [5.41, 5.74) is -1.29. The van der Waals surface area contributed by atoms with E-state index < -0.39 is 29.3 Å². The van der Waals surface area contributed by atoms with Crippen molar-refractivity contribution in [3.05, 3.63) is 53.5 Å². The van der Waals surface area contributed by atoms with Gasteiger partial charge in [-0.05, 0) is 18.2 Å². The molecule has 2 aromatic rings. The van der Waals surface area contributed by atoms with Crippen LogP contribution in [0.4, 0.5) is 17.6 Å². The van der Waals surface area contributed by atoms with Gasteiger partial charge in [-0.15, -0.1) is 0 Å². The molecule has 0 aliphatic carbocycles. The number of ether oxygens (including phenoxy) is 1. The maximum atomic E-state index is 13.5. The summed E-state index contributed by atoms with van der Waals surface area (Å²) in [5, 5.41) is 0. The molecular weight excluding hydrogens is 278 g/mol. The minimum absolute atomic E-state index is 0.121. The predicted molar refractivity (Wildman–Crippen MR) is 61.1 cm³/mol. The van der Waals surface area contributed by atoms with Crippen LogP contribution >= 0.6 is 0 Å². The maximum Gasteiger partial charge on any atom is 0.433 e. The van der Waals surface area contributed by atoms with Gasteiger partial charge in [0.05, 0.1) is 5.56 Å². The lowest BCUT2D eigenvalue weighted by Crippen LogP contribution is -2.08. The van der Waals surface area contributed by atoms with Crippen LogP contribution in [0.25, 0.3) is 0 Å². The van der Waals surface area contributed by atoms with Gasteiger partial charge >= 0.3 is 6.18 Å². The molecule has 104 valence electrons. The van der Waals surface area contributed by atoms with Crippen LogP contribution in [0.15, 0.2) is 36.4 Å². The molecule has 0 N–H and O–H groups in total. The maximum absolute atomic E-state index is 13.5. The number of halogens is 4. The van der Waals surface area contributed by atoms with Gasteiger partial charge in [-0.2, -0.15) is 13.2 Å². The quantitative estimate of drug-likeness (QED) is 0.635. The molecule has 0 unspecified atom stereocenters. The van der Waals surface area contributed by atoms with E-state index in [1.165, 1.54) is 12.1 Å². The number of hydrogen-bond donors (Lipinski definition) is 0. The van der Waals surface area contributed by atoms with Gasteiger partial charge in [0, 0.05) is 6.07 Å². The molecule has 0 saturated heterocycles. The van der Waals surface area contributed by atoms with Crippen molar-refractivity contribution in [1.29, 1.82) is 0 Å². The first-order valence-corrected chi connectivity index (χ1v) is 5.37. The summed E-state index contributed by atoms with van der Waals surface area (Å²) in [4.78, 5) is 14.0. The molecule has 7 heteroatoms. The van der Waals surface area contributed by atoms with Gasteiger partial charge in [0.15, 0.2) is 17.9 Å². The van der Waals surface area contributed by atoms with Crippen molar-refractivity contribution in [3.63, 3.8) is 0 Å². The van der Waals surface area contributed by atoms with Gasteiger partial charge in [0.25, 0.3) is 0 Å². The van der Waals surface area contributed by atoms with E-state index in [2.05, 4.69) is 4.98 Å². The Bertz CT molecular complexity index is 641. The lowest BCUT2D eigenvalue weighted by molar-refractivity contribution is -0.141. The van der Waals surface area contributed by atoms with E-state index in [0.29, 0.717) is 6.29 Å². The Morgan fingerprint density at radius 1 is 1.10 bits per heavy atom. The highest BCUT2D eigenvalue weighted by atomic mass is 19.4. The summed E-state index contributed by atoms with van der Waals surface area (Å²) >= 11 is 0. The fraction of sp³-hybridized carbons (Fsp3) is 0.0769. The van der Waals surface area contributed by atoms with E-state index in [1.54, 1.807) is 0 Å². The Balaban J connectivity index is 2.38. The van der Waals surface area contributed by atoms with Crippen molar-refractivity contribution in [2.45, 2.75) is 6.18 Å². The predicted octanol–water partition coefficient (Wildman–Crippen LogP) is 3.84. The second kappa shape index (κ2) is 5.28. The molecular formula is C13H7F4NO2. The van der Waals surface area contributed by atoms with Crippen molar-refractivity contribution >= 4 is 6.29 Å². The minimum Gasteiger partial charge on any atom is -0.435 e. The molecule has 0 spiro atoms. The molecule has 0 atom stereocenters. The van der Waals surface area contributed by atoms with Crippen LogP contribution in [0, 0.1) is 5.82 Å². The van der Waals surface area contributed by atoms with Crippen molar-refractivity contribution in [3.8, 4) is 11.6 Å². The molecule has 0 saturated carbocycles. The first-order valence-electron chi connectivity index (χ1n) is 5.37. The van der Waals surface area contributed by atoms with Crippen LogP contribution in [0.1, 0.15) is 16.1 Å². The number of aromatic nitrogens is 1. The van der Waals surface area contributed by atoms with Crippen LogP contribution in [0.2, 0.25) is 0 Å². The van der Waals surface area contributed by atoms with Gasteiger partial charge in [-0.1, -0.05) is 12.1 Å². The van der Waals surface area contributed by atoms with Crippen LogP contribution in [0.3, 0.4) is 0 Å². The average molecular weight is 285 g/mol. The standard InChI is InChI=1S/C13H7F4NO2/c14-9-4-1-3-8(7-19)12(9)20-11-6-2-5-10(18-11)13(15,16)17/h1-7H. The number of para-hydroxylation sites is 1. The van der Waals surface area contributed by atoms with Gasteiger partial charge in [-0.3, -0.25) is 4.79 Å². The van der Waals surface area contributed by atoms with Crippen molar-refractivity contribution in [2.75, 3.05) is 0 Å². The third-order valence-electron chi connectivity index (χ3n) is 2.35. The lowest BCUT2D eigenvalue weighted by Gasteiger charge is -2.10. The van der Waals surface area contributed by atoms with Crippen LogP contribution < -0.4 is 4.74 Å². The van der Waals surface area contributed by atoms with Gasteiger partial charge in [0.2, 0.25) is 5.88 Å². The molecule has 3 nitrogen and oxygen atoms in total. The molecule has 2 rings (SSSR count). The van der Waals surface area contributed by atoms with Crippen molar-refractivity contribution in [2.24, 2.45) is 0 Å². The van der Waals surface area contributed by atoms with Gasteiger partial charge in [0.1, 0.15) is 5.69 Å². The molecule has 20 heavy (non-hydrogen) atoms. The molecule has 0 amide bonds.